The lowest BCUT2D eigenvalue weighted by atomic mass is 9.97. The van der Waals surface area contributed by atoms with Crippen molar-refractivity contribution in [2.24, 2.45) is 0 Å². The Kier molecular flexibility index (Phi) is 7.59. The number of carbonyl (C=O) groups is 1. The quantitative estimate of drug-likeness (QED) is 0.395. The van der Waals surface area contributed by atoms with Crippen LogP contribution in [0.1, 0.15) is 13.3 Å². The number of rotatable bonds is 8. The number of fused-ring (bicyclic) bond motifs is 1. The minimum atomic E-state index is -1.49. The summed E-state index contributed by atoms with van der Waals surface area (Å²) in [6.07, 6.45) is -0.993. The van der Waals surface area contributed by atoms with Gasteiger partial charge in [0.05, 0.1) is 29.0 Å². The fourth-order valence-electron chi connectivity index (χ4n) is 3.82. The van der Waals surface area contributed by atoms with E-state index in [1.807, 2.05) is 0 Å². The highest BCUT2D eigenvalue weighted by Gasteiger charge is 2.44. The Bertz CT molecular complexity index is 1260. The molecule has 180 valence electrons. The lowest BCUT2D eigenvalue weighted by Crippen LogP contribution is -2.57. The molecule has 2 N–H and O–H groups in total. The van der Waals surface area contributed by atoms with E-state index in [4.69, 9.17) is 30.2 Å². The van der Waals surface area contributed by atoms with Crippen LogP contribution in [0.25, 0.3) is 22.3 Å². The normalized spacial score (nSPS) is 19.1. The molecule has 0 spiro atoms. The van der Waals surface area contributed by atoms with E-state index in [1.165, 1.54) is 6.07 Å². The van der Waals surface area contributed by atoms with Crippen LogP contribution in [0.4, 0.5) is 0 Å². The molecule has 1 aliphatic rings. The first-order chi connectivity index (χ1) is 16.3. The van der Waals surface area contributed by atoms with Crippen LogP contribution in [0.2, 0.25) is 5.02 Å². The molecule has 2 atom stereocenters. The van der Waals surface area contributed by atoms with E-state index in [9.17, 15) is 14.7 Å². The Balaban J connectivity index is 1.73. The number of hydrogen-bond acceptors (Lipinski definition) is 7. The number of carboxylic acids is 1. The third kappa shape index (κ3) is 5.13. The number of ether oxygens (including phenoxy) is 3. The van der Waals surface area contributed by atoms with Gasteiger partial charge in [-0.1, -0.05) is 33.6 Å². The lowest BCUT2D eigenvalue weighted by Gasteiger charge is -2.36. The zero-order chi connectivity index (χ0) is 24.3. The van der Waals surface area contributed by atoms with Crippen LogP contribution < -0.4 is 15.5 Å². The molecule has 3 aromatic rings. The monoisotopic (exact) mass is 551 g/mol. The molecule has 4 rings (SSSR count). The van der Waals surface area contributed by atoms with Crippen LogP contribution in [0.15, 0.2) is 56.1 Å². The molecule has 0 saturated carbocycles. The van der Waals surface area contributed by atoms with Gasteiger partial charge in [0, 0.05) is 30.2 Å². The second kappa shape index (κ2) is 10.5. The molecular formula is C24H23BrClNO7. The van der Waals surface area contributed by atoms with Crippen molar-refractivity contribution in [2.75, 3.05) is 26.3 Å². The average Bonchev–Trinajstić information content (AvgIpc) is 2.80. The largest absolute Gasteiger partial charge is 0.479 e. The van der Waals surface area contributed by atoms with Crippen LogP contribution in [0.5, 0.6) is 5.75 Å². The predicted octanol–water partition coefficient (Wildman–Crippen LogP) is 4.45. The molecule has 0 aliphatic carbocycles. The van der Waals surface area contributed by atoms with Gasteiger partial charge in [-0.25, -0.2) is 4.79 Å². The van der Waals surface area contributed by atoms with Crippen molar-refractivity contribution in [3.05, 3.63) is 62.2 Å². The summed E-state index contributed by atoms with van der Waals surface area (Å²) in [5.41, 5.74) is -0.986. The van der Waals surface area contributed by atoms with Gasteiger partial charge in [-0.3, -0.25) is 4.79 Å². The summed E-state index contributed by atoms with van der Waals surface area (Å²) in [5, 5.41) is 13.6. The molecule has 1 aliphatic heterocycles. The van der Waals surface area contributed by atoms with Gasteiger partial charge in [-0.05, 0) is 37.3 Å². The Hall–Kier alpha value is -2.43. The number of benzene rings is 2. The summed E-state index contributed by atoms with van der Waals surface area (Å²) >= 11 is 9.70. The summed E-state index contributed by atoms with van der Waals surface area (Å²) in [5.74, 6) is -0.504. The molecule has 1 fully saturated rings. The maximum absolute atomic E-state index is 12.7. The first-order valence-electron chi connectivity index (χ1n) is 10.7. The third-order valence-corrected chi connectivity index (χ3v) is 6.27. The summed E-state index contributed by atoms with van der Waals surface area (Å²) in [6, 6.07) is 11.6. The number of aliphatic carboxylic acids is 1. The van der Waals surface area contributed by atoms with E-state index in [-0.39, 0.29) is 43.0 Å². The number of carboxylic acid groups (broad SMARTS) is 1. The summed E-state index contributed by atoms with van der Waals surface area (Å²) in [4.78, 5) is 24.8. The maximum atomic E-state index is 12.7. The second-order valence-corrected chi connectivity index (χ2v) is 9.09. The van der Waals surface area contributed by atoms with Crippen molar-refractivity contribution in [3.8, 4) is 17.1 Å². The highest BCUT2D eigenvalue weighted by Crippen LogP contribution is 2.36. The number of halogens is 2. The van der Waals surface area contributed by atoms with Crippen LogP contribution in [0.3, 0.4) is 0 Å². The molecule has 10 heteroatoms. The standard InChI is InChI=1S/C24H23BrClNO7/c1-2-31-21(12-24(23(29)30)13-27-8-9-32-24)33-19-10-14(25)6-7-16(19)20-11-18(28)15-4-3-5-17(26)22(15)34-20/h3-7,10-11,21,27H,2,8-9,12-13H2,1H3,(H,29,30). The van der Waals surface area contributed by atoms with Crippen LogP contribution in [-0.4, -0.2) is 49.3 Å². The van der Waals surface area contributed by atoms with E-state index in [0.717, 1.165) is 0 Å². The Morgan fingerprint density at radius 2 is 2.15 bits per heavy atom. The Morgan fingerprint density at radius 3 is 2.85 bits per heavy atom. The molecule has 2 unspecified atom stereocenters. The summed E-state index contributed by atoms with van der Waals surface area (Å²) in [7, 11) is 0. The van der Waals surface area contributed by atoms with E-state index >= 15 is 0 Å². The first-order valence-corrected chi connectivity index (χ1v) is 11.9. The SMILES string of the molecule is CCOC(CC1(C(=O)O)CNCCO1)Oc1cc(Br)ccc1-c1cc(=O)c2cccc(Cl)c2o1. The van der Waals surface area contributed by atoms with Gasteiger partial charge < -0.3 is 29.1 Å². The van der Waals surface area contributed by atoms with Gasteiger partial charge in [0.25, 0.3) is 0 Å². The Morgan fingerprint density at radius 1 is 1.32 bits per heavy atom. The van der Waals surface area contributed by atoms with Crippen LogP contribution in [-0.2, 0) is 14.3 Å². The van der Waals surface area contributed by atoms with Crippen LogP contribution in [0, 0.1) is 0 Å². The van der Waals surface area contributed by atoms with Gasteiger partial charge >= 0.3 is 5.97 Å². The Labute approximate surface area is 208 Å². The van der Waals surface area contributed by atoms with Gasteiger partial charge in [0.1, 0.15) is 11.5 Å². The molecule has 8 nitrogen and oxygen atoms in total. The summed E-state index contributed by atoms with van der Waals surface area (Å²) in [6.45, 7) is 3.03. The molecule has 0 bridgehead atoms. The van der Waals surface area contributed by atoms with Gasteiger partial charge in [-0.2, -0.15) is 0 Å². The van der Waals surface area contributed by atoms with Crippen molar-refractivity contribution in [3.63, 3.8) is 0 Å². The van der Waals surface area contributed by atoms with Crippen molar-refractivity contribution >= 4 is 44.5 Å². The van der Waals surface area contributed by atoms with E-state index in [1.54, 1.807) is 43.3 Å². The highest BCUT2D eigenvalue weighted by molar-refractivity contribution is 9.10. The van der Waals surface area contributed by atoms with Crippen molar-refractivity contribution in [2.45, 2.75) is 25.2 Å². The van der Waals surface area contributed by atoms with E-state index < -0.39 is 17.9 Å². The van der Waals surface area contributed by atoms with Crippen LogP contribution >= 0.6 is 27.5 Å². The zero-order valence-corrected chi connectivity index (χ0v) is 20.6. The lowest BCUT2D eigenvalue weighted by molar-refractivity contribution is -0.186. The van der Waals surface area contributed by atoms with Gasteiger partial charge in [0.2, 0.25) is 6.29 Å². The number of nitrogens with one attached hydrogen (secondary N) is 1. The molecule has 0 amide bonds. The van der Waals surface area contributed by atoms with Gasteiger partial charge in [-0.15, -0.1) is 0 Å². The molecule has 2 aromatic carbocycles. The van der Waals surface area contributed by atoms with E-state index in [2.05, 4.69) is 21.2 Å². The summed E-state index contributed by atoms with van der Waals surface area (Å²) < 4.78 is 24.3. The highest BCUT2D eigenvalue weighted by atomic mass is 79.9. The average molecular weight is 553 g/mol. The molecule has 2 heterocycles. The predicted molar refractivity (Wildman–Crippen MR) is 130 cm³/mol. The number of para-hydroxylation sites is 1. The van der Waals surface area contributed by atoms with E-state index in [0.29, 0.717) is 32.7 Å². The molecule has 34 heavy (non-hydrogen) atoms. The topological polar surface area (TPSA) is 107 Å². The smallest absolute Gasteiger partial charge is 0.337 e. The molecule has 0 radical (unpaired) electrons. The number of morpholine rings is 1. The number of hydrogen-bond donors (Lipinski definition) is 2. The molecule has 1 saturated heterocycles. The third-order valence-electron chi connectivity index (χ3n) is 5.48. The zero-order valence-electron chi connectivity index (χ0n) is 18.3. The van der Waals surface area contributed by atoms with Crippen molar-refractivity contribution in [1.29, 1.82) is 0 Å². The van der Waals surface area contributed by atoms with Gasteiger partial charge in [0.15, 0.2) is 16.6 Å². The fourth-order valence-corrected chi connectivity index (χ4v) is 4.37. The maximum Gasteiger partial charge on any atom is 0.337 e. The van der Waals surface area contributed by atoms with Crippen molar-refractivity contribution in [1.82, 2.24) is 5.32 Å². The molecular weight excluding hydrogens is 530 g/mol. The minimum absolute atomic E-state index is 0.0530. The fraction of sp³-hybridized carbons (Fsp3) is 0.333. The minimum Gasteiger partial charge on any atom is -0.479 e. The second-order valence-electron chi connectivity index (χ2n) is 7.76. The molecule has 1 aromatic heterocycles. The first kappa shape index (κ1) is 24.7. The van der Waals surface area contributed by atoms with Crippen molar-refractivity contribution < 1.29 is 28.5 Å².